The van der Waals surface area contributed by atoms with Crippen molar-refractivity contribution in [2.24, 2.45) is 5.41 Å². The number of nitrogens with one attached hydrogen (secondary N) is 2. The van der Waals surface area contributed by atoms with E-state index < -0.39 is 0 Å². The Balaban J connectivity index is 2.27. The third-order valence-corrected chi connectivity index (χ3v) is 4.23. The van der Waals surface area contributed by atoms with E-state index in [-0.39, 0.29) is 16.7 Å². The molecule has 1 aliphatic heterocycles. The molecular formula is C17H26N2O2. The number of benzene rings is 1. The summed E-state index contributed by atoms with van der Waals surface area (Å²) in [6, 6.07) is 5.99. The first-order valence-corrected chi connectivity index (χ1v) is 7.47. The Kier molecular flexibility index (Phi) is 4.28. The first kappa shape index (κ1) is 15.8. The van der Waals surface area contributed by atoms with Crippen molar-refractivity contribution in [3.63, 3.8) is 0 Å². The van der Waals surface area contributed by atoms with Gasteiger partial charge in [0.25, 0.3) is 0 Å². The van der Waals surface area contributed by atoms with Gasteiger partial charge in [-0.1, -0.05) is 26.8 Å². The largest absolute Gasteiger partial charge is 0.495 e. The van der Waals surface area contributed by atoms with Gasteiger partial charge >= 0.3 is 0 Å². The van der Waals surface area contributed by atoms with Crippen LogP contribution in [0.15, 0.2) is 18.2 Å². The lowest BCUT2D eigenvalue weighted by atomic mass is 9.86. The maximum absolute atomic E-state index is 12.6. The van der Waals surface area contributed by atoms with Gasteiger partial charge in [-0.25, -0.2) is 0 Å². The second-order valence-electron chi connectivity index (χ2n) is 7.11. The third-order valence-electron chi connectivity index (χ3n) is 4.23. The summed E-state index contributed by atoms with van der Waals surface area (Å²) in [7, 11) is 1.63. The van der Waals surface area contributed by atoms with Crippen molar-refractivity contribution in [1.29, 1.82) is 0 Å². The first-order valence-electron chi connectivity index (χ1n) is 7.47. The van der Waals surface area contributed by atoms with Gasteiger partial charge in [-0.05, 0) is 43.0 Å². The van der Waals surface area contributed by atoms with Crippen LogP contribution in [0.25, 0.3) is 0 Å². The molecule has 4 heteroatoms. The van der Waals surface area contributed by atoms with E-state index in [0.29, 0.717) is 5.75 Å². The van der Waals surface area contributed by atoms with E-state index >= 15 is 0 Å². The van der Waals surface area contributed by atoms with E-state index in [1.807, 2.05) is 25.1 Å². The van der Waals surface area contributed by atoms with Crippen LogP contribution in [0.1, 0.15) is 39.7 Å². The zero-order valence-electron chi connectivity index (χ0n) is 13.7. The number of hydrogen-bond acceptors (Lipinski definition) is 3. The molecule has 1 saturated heterocycles. The smallest absolute Gasteiger partial charge is 0.231 e. The summed E-state index contributed by atoms with van der Waals surface area (Å²) in [5.74, 6) is 0.753. The van der Waals surface area contributed by atoms with Crippen LogP contribution in [0.2, 0.25) is 0 Å². The summed E-state index contributed by atoms with van der Waals surface area (Å²) in [5.41, 5.74) is 1.61. The second-order valence-corrected chi connectivity index (χ2v) is 7.11. The molecule has 1 aliphatic rings. The number of hydrogen-bond donors (Lipinski definition) is 2. The summed E-state index contributed by atoms with van der Waals surface area (Å²) in [6.45, 7) is 10.1. The van der Waals surface area contributed by atoms with Crippen molar-refractivity contribution in [3.8, 4) is 5.75 Å². The molecule has 0 aliphatic carbocycles. The molecule has 0 bridgehead atoms. The van der Waals surface area contributed by atoms with Crippen LogP contribution in [0, 0.1) is 5.41 Å². The van der Waals surface area contributed by atoms with Gasteiger partial charge < -0.3 is 15.4 Å². The van der Waals surface area contributed by atoms with E-state index in [1.165, 1.54) is 5.56 Å². The minimum Gasteiger partial charge on any atom is -0.495 e. The zero-order chi connectivity index (χ0) is 15.7. The SMILES string of the molecule is COc1ccc(C(C)(C)C)cc1NC(=O)C1(C)CCNC1. The molecule has 1 unspecified atom stereocenters. The first-order chi connectivity index (χ1) is 9.76. The van der Waals surface area contributed by atoms with Crippen molar-refractivity contribution in [1.82, 2.24) is 5.32 Å². The van der Waals surface area contributed by atoms with E-state index in [2.05, 4.69) is 31.4 Å². The van der Waals surface area contributed by atoms with Crippen LogP contribution in [-0.2, 0) is 10.2 Å². The average molecular weight is 290 g/mol. The fourth-order valence-electron chi connectivity index (χ4n) is 2.56. The molecule has 116 valence electrons. The highest BCUT2D eigenvalue weighted by molar-refractivity contribution is 5.96. The van der Waals surface area contributed by atoms with Gasteiger partial charge in [-0.2, -0.15) is 0 Å². The summed E-state index contributed by atoms with van der Waals surface area (Å²) in [4.78, 5) is 12.6. The lowest BCUT2D eigenvalue weighted by Crippen LogP contribution is -2.35. The van der Waals surface area contributed by atoms with Crippen molar-refractivity contribution in [2.75, 3.05) is 25.5 Å². The zero-order valence-corrected chi connectivity index (χ0v) is 13.7. The van der Waals surface area contributed by atoms with E-state index in [0.717, 1.165) is 25.2 Å². The van der Waals surface area contributed by atoms with Crippen LogP contribution in [0.3, 0.4) is 0 Å². The number of rotatable bonds is 3. The highest BCUT2D eigenvalue weighted by Crippen LogP contribution is 2.33. The Labute approximate surface area is 127 Å². The number of methoxy groups -OCH3 is 1. The van der Waals surface area contributed by atoms with Gasteiger partial charge in [0, 0.05) is 6.54 Å². The Morgan fingerprint density at radius 1 is 1.38 bits per heavy atom. The molecule has 1 aromatic carbocycles. The highest BCUT2D eigenvalue weighted by atomic mass is 16.5. The standard InChI is InChI=1S/C17H26N2O2/c1-16(2,3)12-6-7-14(21-5)13(10-12)19-15(20)17(4)8-9-18-11-17/h6-7,10,18H,8-9,11H2,1-5H3,(H,19,20). The summed E-state index contributed by atoms with van der Waals surface area (Å²) >= 11 is 0. The van der Waals surface area contributed by atoms with Crippen molar-refractivity contribution in [3.05, 3.63) is 23.8 Å². The molecule has 2 N–H and O–H groups in total. The predicted octanol–water partition coefficient (Wildman–Crippen LogP) is 2.93. The quantitative estimate of drug-likeness (QED) is 0.900. The molecule has 1 atom stereocenters. The number of anilines is 1. The normalized spacial score (nSPS) is 22.1. The molecule has 0 saturated carbocycles. The van der Waals surface area contributed by atoms with Crippen LogP contribution in [-0.4, -0.2) is 26.1 Å². The second kappa shape index (κ2) is 5.68. The molecule has 4 nitrogen and oxygen atoms in total. The van der Waals surface area contributed by atoms with Crippen LogP contribution in [0.4, 0.5) is 5.69 Å². The molecule has 1 fully saturated rings. The Morgan fingerprint density at radius 3 is 2.62 bits per heavy atom. The molecule has 1 amide bonds. The molecule has 0 spiro atoms. The number of carbonyl (C=O) groups excluding carboxylic acids is 1. The fraction of sp³-hybridized carbons (Fsp3) is 0.588. The predicted molar refractivity (Wildman–Crippen MR) is 85.9 cm³/mol. The number of carbonyl (C=O) groups is 1. The fourth-order valence-corrected chi connectivity index (χ4v) is 2.56. The maximum Gasteiger partial charge on any atom is 0.231 e. The lowest BCUT2D eigenvalue weighted by molar-refractivity contribution is -0.123. The van der Waals surface area contributed by atoms with Gasteiger partial charge in [0.2, 0.25) is 5.91 Å². The monoisotopic (exact) mass is 290 g/mol. The van der Waals surface area contributed by atoms with Crippen molar-refractivity contribution in [2.45, 2.75) is 39.5 Å². The lowest BCUT2D eigenvalue weighted by Gasteiger charge is -2.24. The molecule has 2 rings (SSSR count). The Hall–Kier alpha value is -1.55. The van der Waals surface area contributed by atoms with Crippen molar-refractivity contribution < 1.29 is 9.53 Å². The van der Waals surface area contributed by atoms with Gasteiger partial charge in [-0.3, -0.25) is 4.79 Å². The molecule has 21 heavy (non-hydrogen) atoms. The van der Waals surface area contributed by atoms with E-state index in [9.17, 15) is 4.79 Å². The van der Waals surface area contributed by atoms with Crippen LogP contribution < -0.4 is 15.4 Å². The minimum absolute atomic E-state index is 0.0323. The number of amides is 1. The summed E-state index contributed by atoms with van der Waals surface area (Å²) in [6.07, 6.45) is 0.861. The molecule has 0 aromatic heterocycles. The Bertz CT molecular complexity index is 526. The highest BCUT2D eigenvalue weighted by Gasteiger charge is 2.36. The van der Waals surface area contributed by atoms with E-state index in [1.54, 1.807) is 7.11 Å². The van der Waals surface area contributed by atoms with Gasteiger partial charge in [-0.15, -0.1) is 0 Å². The van der Waals surface area contributed by atoms with Crippen LogP contribution >= 0.6 is 0 Å². The minimum atomic E-state index is -0.344. The molecule has 0 radical (unpaired) electrons. The van der Waals surface area contributed by atoms with Gasteiger partial charge in [0.1, 0.15) is 5.75 Å². The number of ether oxygens (including phenoxy) is 1. The maximum atomic E-state index is 12.6. The molecule has 1 heterocycles. The molecule has 1 aromatic rings. The van der Waals surface area contributed by atoms with E-state index in [4.69, 9.17) is 4.74 Å². The van der Waals surface area contributed by atoms with Crippen molar-refractivity contribution >= 4 is 11.6 Å². The van der Waals surface area contributed by atoms with Gasteiger partial charge in [0.15, 0.2) is 0 Å². The topological polar surface area (TPSA) is 50.4 Å². The van der Waals surface area contributed by atoms with Gasteiger partial charge in [0.05, 0.1) is 18.2 Å². The third kappa shape index (κ3) is 3.38. The Morgan fingerprint density at radius 2 is 2.10 bits per heavy atom. The molecular weight excluding hydrogens is 264 g/mol. The summed E-state index contributed by atoms with van der Waals surface area (Å²) < 4.78 is 5.38. The average Bonchev–Trinajstić information content (AvgIpc) is 2.86. The van der Waals surface area contributed by atoms with Crippen LogP contribution in [0.5, 0.6) is 5.75 Å². The summed E-state index contributed by atoms with van der Waals surface area (Å²) in [5, 5.41) is 6.30.